The van der Waals surface area contributed by atoms with E-state index in [4.69, 9.17) is 0 Å². The Morgan fingerprint density at radius 1 is 1.26 bits per heavy atom. The summed E-state index contributed by atoms with van der Waals surface area (Å²) in [5.74, 6) is 0.360. The van der Waals surface area contributed by atoms with E-state index >= 15 is 0 Å². The van der Waals surface area contributed by atoms with E-state index in [-0.39, 0.29) is 5.82 Å². The van der Waals surface area contributed by atoms with Crippen molar-refractivity contribution in [2.75, 3.05) is 18.0 Å². The van der Waals surface area contributed by atoms with Crippen LogP contribution in [-0.4, -0.2) is 19.4 Å². The van der Waals surface area contributed by atoms with E-state index in [1.165, 1.54) is 12.1 Å². The van der Waals surface area contributed by atoms with E-state index in [1.807, 2.05) is 0 Å². The van der Waals surface area contributed by atoms with Gasteiger partial charge >= 0.3 is 0 Å². The Bertz CT molecular complexity index is 456. The van der Waals surface area contributed by atoms with Gasteiger partial charge in [-0.3, -0.25) is 4.79 Å². The molecule has 2 rings (SSSR count). The lowest BCUT2D eigenvalue weighted by atomic mass is 9.75. The van der Waals surface area contributed by atoms with Crippen LogP contribution in [0.25, 0.3) is 0 Å². The molecule has 104 valence electrons. The highest BCUT2D eigenvalue weighted by atomic mass is 19.1. The Morgan fingerprint density at radius 2 is 1.89 bits per heavy atom. The zero-order chi connectivity index (χ0) is 14.0. The third kappa shape index (κ3) is 3.14. The highest BCUT2D eigenvalue weighted by Gasteiger charge is 2.29. The molecule has 1 fully saturated rings. The molecule has 0 N–H and O–H groups in total. The summed E-state index contributed by atoms with van der Waals surface area (Å²) >= 11 is 0. The molecule has 0 bridgehead atoms. The van der Waals surface area contributed by atoms with Crippen molar-refractivity contribution in [3.63, 3.8) is 0 Å². The van der Waals surface area contributed by atoms with Gasteiger partial charge in [-0.25, -0.2) is 4.39 Å². The van der Waals surface area contributed by atoms with E-state index in [2.05, 4.69) is 25.7 Å². The maximum absolute atomic E-state index is 13.1. The first-order chi connectivity index (χ1) is 8.91. The number of nitrogens with zero attached hydrogens (tertiary/aromatic N) is 1. The Balaban J connectivity index is 2.12. The summed E-state index contributed by atoms with van der Waals surface area (Å²) in [5.41, 5.74) is 1.65. The normalized spacial score (nSPS) is 17.6. The van der Waals surface area contributed by atoms with E-state index in [0.29, 0.717) is 16.9 Å². The van der Waals surface area contributed by atoms with Gasteiger partial charge in [-0.15, -0.1) is 0 Å². The molecule has 0 atom stereocenters. The van der Waals surface area contributed by atoms with Crippen molar-refractivity contribution in [2.24, 2.45) is 11.3 Å². The first-order valence-corrected chi connectivity index (χ1v) is 6.91. The lowest BCUT2D eigenvalue weighted by Gasteiger charge is -2.40. The second-order valence-electron chi connectivity index (χ2n) is 6.45. The molecule has 1 aromatic carbocycles. The molecule has 1 aliphatic rings. The molecule has 1 aliphatic heterocycles. The van der Waals surface area contributed by atoms with Gasteiger partial charge in [0.25, 0.3) is 0 Å². The van der Waals surface area contributed by atoms with E-state index in [1.54, 1.807) is 6.07 Å². The minimum Gasteiger partial charge on any atom is -0.371 e. The van der Waals surface area contributed by atoms with Gasteiger partial charge in [0.05, 0.1) is 0 Å². The summed E-state index contributed by atoms with van der Waals surface area (Å²) in [5, 5.41) is 0. The van der Waals surface area contributed by atoms with Crippen molar-refractivity contribution in [1.29, 1.82) is 0 Å². The highest BCUT2D eigenvalue weighted by molar-refractivity contribution is 5.84. The van der Waals surface area contributed by atoms with E-state index in [0.717, 1.165) is 37.9 Å². The number of aldehydes is 1. The number of piperidine rings is 1. The highest BCUT2D eigenvalue weighted by Crippen LogP contribution is 2.36. The molecule has 0 spiro atoms. The number of carbonyl (C=O) groups excluding carboxylic acids is 1. The Kier molecular flexibility index (Phi) is 3.93. The molecule has 0 aliphatic carbocycles. The molecule has 1 saturated heterocycles. The average molecular weight is 263 g/mol. The number of carbonyl (C=O) groups is 1. The predicted molar refractivity (Wildman–Crippen MR) is 76.2 cm³/mol. The zero-order valence-corrected chi connectivity index (χ0v) is 11.9. The fraction of sp³-hybridized carbons (Fsp3) is 0.562. The summed E-state index contributed by atoms with van der Waals surface area (Å²) < 4.78 is 13.1. The Morgan fingerprint density at radius 3 is 2.42 bits per heavy atom. The lowest BCUT2D eigenvalue weighted by molar-refractivity contribution is 0.112. The molecule has 0 amide bonds. The third-order valence-electron chi connectivity index (χ3n) is 4.18. The van der Waals surface area contributed by atoms with Crippen molar-refractivity contribution >= 4 is 12.0 Å². The van der Waals surface area contributed by atoms with Crippen LogP contribution in [0.5, 0.6) is 0 Å². The van der Waals surface area contributed by atoms with Gasteiger partial charge in [-0.05, 0) is 42.4 Å². The quantitative estimate of drug-likeness (QED) is 0.754. The molecule has 19 heavy (non-hydrogen) atoms. The summed E-state index contributed by atoms with van der Waals surface area (Å²) in [7, 11) is 0. The number of hydrogen-bond donors (Lipinski definition) is 0. The Labute approximate surface area is 114 Å². The monoisotopic (exact) mass is 263 g/mol. The third-order valence-corrected chi connectivity index (χ3v) is 4.18. The standard InChI is InChI=1S/C16H22FNO/c1-16(2,3)13-6-8-18(9-7-13)15-5-4-14(17)10-12(15)11-19/h4-5,10-11,13H,6-9H2,1-3H3. The van der Waals surface area contributed by atoms with Crippen molar-refractivity contribution < 1.29 is 9.18 Å². The van der Waals surface area contributed by atoms with E-state index in [9.17, 15) is 9.18 Å². The fourth-order valence-electron chi connectivity index (χ4n) is 2.89. The topological polar surface area (TPSA) is 20.3 Å². The van der Waals surface area contributed by atoms with Crippen LogP contribution >= 0.6 is 0 Å². The van der Waals surface area contributed by atoms with Crippen molar-refractivity contribution in [2.45, 2.75) is 33.6 Å². The van der Waals surface area contributed by atoms with Crippen molar-refractivity contribution in [3.05, 3.63) is 29.6 Å². The molecule has 1 heterocycles. The average Bonchev–Trinajstić information content (AvgIpc) is 2.37. The van der Waals surface area contributed by atoms with Crippen molar-refractivity contribution in [3.8, 4) is 0 Å². The molecular formula is C16H22FNO. The van der Waals surface area contributed by atoms with Crippen LogP contribution < -0.4 is 4.90 Å². The molecule has 0 unspecified atom stereocenters. The molecule has 1 aromatic rings. The van der Waals surface area contributed by atoms with Gasteiger partial charge in [0.15, 0.2) is 6.29 Å². The molecule has 2 nitrogen and oxygen atoms in total. The van der Waals surface area contributed by atoms with Gasteiger partial charge in [0.2, 0.25) is 0 Å². The number of halogens is 1. The largest absolute Gasteiger partial charge is 0.371 e. The predicted octanol–water partition coefficient (Wildman–Crippen LogP) is 3.90. The SMILES string of the molecule is CC(C)(C)C1CCN(c2ccc(F)cc2C=O)CC1. The van der Waals surface area contributed by atoms with Crippen molar-refractivity contribution in [1.82, 2.24) is 0 Å². The van der Waals surface area contributed by atoms with Gasteiger partial charge in [-0.1, -0.05) is 20.8 Å². The first-order valence-electron chi connectivity index (χ1n) is 6.91. The second kappa shape index (κ2) is 5.32. The smallest absolute Gasteiger partial charge is 0.152 e. The van der Waals surface area contributed by atoms with Crippen LogP contribution in [0, 0.1) is 17.2 Å². The van der Waals surface area contributed by atoms with Gasteiger partial charge in [0.1, 0.15) is 5.82 Å². The minimum atomic E-state index is -0.351. The van der Waals surface area contributed by atoms with Crippen LogP contribution in [0.2, 0.25) is 0 Å². The summed E-state index contributed by atoms with van der Waals surface area (Å²) in [6.45, 7) is 8.72. The van der Waals surface area contributed by atoms with Gasteiger partial charge in [-0.2, -0.15) is 0 Å². The van der Waals surface area contributed by atoms with Crippen LogP contribution in [0.4, 0.5) is 10.1 Å². The number of rotatable bonds is 2. The van der Waals surface area contributed by atoms with Crippen LogP contribution in [-0.2, 0) is 0 Å². The fourth-order valence-corrected chi connectivity index (χ4v) is 2.89. The lowest BCUT2D eigenvalue weighted by Crippen LogP contribution is -2.38. The second-order valence-corrected chi connectivity index (χ2v) is 6.45. The molecule has 0 saturated carbocycles. The summed E-state index contributed by atoms with van der Waals surface area (Å²) in [6.07, 6.45) is 2.99. The zero-order valence-electron chi connectivity index (χ0n) is 11.9. The number of anilines is 1. The van der Waals surface area contributed by atoms with Crippen LogP contribution in [0.1, 0.15) is 44.0 Å². The summed E-state index contributed by atoms with van der Waals surface area (Å²) in [6, 6.07) is 4.47. The minimum absolute atomic E-state index is 0.336. The van der Waals surface area contributed by atoms with Crippen LogP contribution in [0.3, 0.4) is 0 Å². The maximum Gasteiger partial charge on any atom is 0.152 e. The van der Waals surface area contributed by atoms with Gasteiger partial charge < -0.3 is 4.90 Å². The maximum atomic E-state index is 13.1. The number of benzene rings is 1. The number of hydrogen-bond acceptors (Lipinski definition) is 2. The molecule has 3 heteroatoms. The van der Waals surface area contributed by atoms with E-state index < -0.39 is 0 Å². The summed E-state index contributed by atoms with van der Waals surface area (Å²) in [4.78, 5) is 13.3. The molecule has 0 radical (unpaired) electrons. The first kappa shape index (κ1) is 14.0. The van der Waals surface area contributed by atoms with Gasteiger partial charge in [0, 0.05) is 24.3 Å². The van der Waals surface area contributed by atoms with Crippen LogP contribution in [0.15, 0.2) is 18.2 Å². The molecular weight excluding hydrogens is 241 g/mol. The Hall–Kier alpha value is -1.38. The molecule has 0 aromatic heterocycles.